The third-order valence-electron chi connectivity index (χ3n) is 6.94. The van der Waals surface area contributed by atoms with Gasteiger partial charge in [0.05, 0.1) is 23.4 Å². The van der Waals surface area contributed by atoms with Crippen molar-refractivity contribution in [3.8, 4) is 11.1 Å². The molecule has 0 radical (unpaired) electrons. The van der Waals surface area contributed by atoms with E-state index in [1.807, 2.05) is 24.1 Å². The molecule has 3 aliphatic rings. The maximum Gasteiger partial charge on any atom is 0.250 e. The number of carbonyl (C=O) groups excluding carboxylic acids is 1. The van der Waals surface area contributed by atoms with Crippen LogP contribution in [0.4, 0.5) is 0 Å². The van der Waals surface area contributed by atoms with E-state index in [9.17, 15) is 4.79 Å². The zero-order chi connectivity index (χ0) is 22.0. The predicted octanol–water partition coefficient (Wildman–Crippen LogP) is 3.87. The maximum absolute atomic E-state index is 13.5. The summed E-state index contributed by atoms with van der Waals surface area (Å²) in [5.74, 6) is -0.0187. The highest BCUT2D eigenvalue weighted by Gasteiger charge is 2.53. The first-order valence-corrected chi connectivity index (χ1v) is 10.8. The summed E-state index contributed by atoms with van der Waals surface area (Å²) in [4.78, 5) is 13.5. The second-order valence-corrected chi connectivity index (χ2v) is 9.34. The number of nitrogens with one attached hydrogen (secondary N) is 2. The third kappa shape index (κ3) is 2.79. The quantitative estimate of drug-likeness (QED) is 0.797. The van der Waals surface area contributed by atoms with Crippen molar-refractivity contribution in [2.75, 3.05) is 0 Å². The van der Waals surface area contributed by atoms with E-state index in [0.717, 1.165) is 52.1 Å². The summed E-state index contributed by atoms with van der Waals surface area (Å²) in [6.45, 7) is 8.31. The van der Waals surface area contributed by atoms with E-state index in [2.05, 4.69) is 77.9 Å². The minimum Gasteiger partial charge on any atom is -0.362 e. The molecule has 2 unspecified atom stereocenters. The van der Waals surface area contributed by atoms with Gasteiger partial charge in [-0.2, -0.15) is 15.3 Å². The smallest absolute Gasteiger partial charge is 0.250 e. The lowest BCUT2D eigenvalue weighted by Gasteiger charge is -2.48. The van der Waals surface area contributed by atoms with Crippen LogP contribution in [-0.4, -0.2) is 27.4 Å². The molecule has 31 heavy (non-hydrogen) atoms. The first-order chi connectivity index (χ1) is 14.8. The normalized spacial score (nSPS) is 26.2. The molecule has 0 bridgehead atoms. The second kappa shape index (κ2) is 6.64. The van der Waals surface area contributed by atoms with Gasteiger partial charge in [0.15, 0.2) is 6.17 Å². The Labute approximate surface area is 182 Å². The van der Waals surface area contributed by atoms with Crippen LogP contribution in [0.25, 0.3) is 11.1 Å². The molecule has 0 aliphatic carbocycles. The van der Waals surface area contributed by atoms with Gasteiger partial charge in [-0.1, -0.05) is 25.1 Å². The van der Waals surface area contributed by atoms with Crippen LogP contribution < -0.4 is 10.6 Å². The zero-order valence-electron chi connectivity index (χ0n) is 18.7. The van der Waals surface area contributed by atoms with Gasteiger partial charge in [0, 0.05) is 41.5 Å². The van der Waals surface area contributed by atoms with Crippen LogP contribution >= 0.6 is 0 Å². The first-order valence-electron chi connectivity index (χ1n) is 10.8. The fourth-order valence-corrected chi connectivity index (χ4v) is 5.34. The summed E-state index contributed by atoms with van der Waals surface area (Å²) in [5.41, 5.74) is 6.29. The molecule has 7 heteroatoms. The number of hydrogen-bond acceptors (Lipinski definition) is 5. The van der Waals surface area contributed by atoms with Crippen molar-refractivity contribution in [3.05, 3.63) is 64.8 Å². The van der Waals surface area contributed by atoms with Gasteiger partial charge in [0.1, 0.15) is 0 Å². The van der Waals surface area contributed by atoms with Gasteiger partial charge >= 0.3 is 0 Å². The van der Waals surface area contributed by atoms with E-state index >= 15 is 0 Å². The predicted molar refractivity (Wildman–Crippen MR) is 119 cm³/mol. The standard InChI is InChI=1S/C24H28N6O/c1-6-24(16-9-7-8-15(10-16)17-12-26-30(5)14(17)2)18-13-25-29-21(18)27-19-11-23(3,4)28-22(31)20(19)24/h7-10,12-13,21,27H,6,11H2,1-5H3,(H,28,31). The lowest BCUT2D eigenvalue weighted by molar-refractivity contribution is -0.120. The molecule has 0 saturated heterocycles. The van der Waals surface area contributed by atoms with Crippen molar-refractivity contribution in [1.29, 1.82) is 0 Å². The summed E-state index contributed by atoms with van der Waals surface area (Å²) in [6, 6.07) is 8.50. The molecular weight excluding hydrogens is 388 g/mol. The van der Waals surface area contributed by atoms with Crippen molar-refractivity contribution in [2.24, 2.45) is 17.3 Å². The Bertz CT molecular complexity index is 1180. The Morgan fingerprint density at radius 2 is 2.10 bits per heavy atom. The third-order valence-corrected chi connectivity index (χ3v) is 6.94. The molecule has 2 N–H and O–H groups in total. The molecule has 0 saturated carbocycles. The molecule has 1 aromatic heterocycles. The molecule has 5 rings (SSSR count). The van der Waals surface area contributed by atoms with Gasteiger partial charge in [0.2, 0.25) is 0 Å². The highest BCUT2D eigenvalue weighted by Crippen LogP contribution is 2.51. The van der Waals surface area contributed by atoms with E-state index in [1.54, 1.807) is 0 Å². The Morgan fingerprint density at radius 1 is 1.29 bits per heavy atom. The van der Waals surface area contributed by atoms with Crippen LogP contribution in [0.3, 0.4) is 0 Å². The Morgan fingerprint density at radius 3 is 2.81 bits per heavy atom. The number of rotatable bonds is 3. The summed E-state index contributed by atoms with van der Waals surface area (Å²) < 4.78 is 1.88. The van der Waals surface area contributed by atoms with Gasteiger partial charge in [-0.3, -0.25) is 9.48 Å². The average Bonchev–Trinajstić information content (AvgIpc) is 3.32. The molecule has 3 aliphatic heterocycles. The van der Waals surface area contributed by atoms with Gasteiger partial charge in [-0.05, 0) is 44.4 Å². The average molecular weight is 417 g/mol. The van der Waals surface area contributed by atoms with E-state index in [4.69, 9.17) is 0 Å². The number of nitrogens with zero attached hydrogens (tertiary/aromatic N) is 4. The monoisotopic (exact) mass is 416 g/mol. The molecule has 0 fully saturated rings. The Kier molecular flexibility index (Phi) is 4.22. The van der Waals surface area contributed by atoms with Crippen LogP contribution in [0.15, 0.2) is 63.7 Å². The minimum absolute atomic E-state index is 0.0187. The molecule has 2 atom stereocenters. The number of carbonyl (C=O) groups is 1. The molecule has 0 spiro atoms. The Balaban J connectivity index is 1.74. The number of azo groups is 1. The van der Waals surface area contributed by atoms with Crippen molar-refractivity contribution in [2.45, 2.75) is 57.7 Å². The largest absolute Gasteiger partial charge is 0.362 e. The van der Waals surface area contributed by atoms with Crippen LogP contribution in [0.1, 0.15) is 44.9 Å². The first kappa shape index (κ1) is 19.7. The molecule has 1 aromatic carbocycles. The summed E-state index contributed by atoms with van der Waals surface area (Å²) >= 11 is 0. The highest BCUT2D eigenvalue weighted by molar-refractivity contribution is 6.00. The van der Waals surface area contributed by atoms with E-state index in [-0.39, 0.29) is 17.6 Å². The van der Waals surface area contributed by atoms with Crippen molar-refractivity contribution in [3.63, 3.8) is 0 Å². The highest BCUT2D eigenvalue weighted by atomic mass is 16.2. The SMILES string of the molecule is CCC1(c2cccc(-c3cnn(C)c3C)c2)C2=CN=NC2NC2=C1C(=O)NC(C)(C)C2. The topological polar surface area (TPSA) is 83.7 Å². The number of amides is 1. The lowest BCUT2D eigenvalue weighted by Crippen LogP contribution is -2.58. The van der Waals surface area contributed by atoms with Gasteiger partial charge < -0.3 is 10.6 Å². The van der Waals surface area contributed by atoms with Crippen molar-refractivity contribution >= 4 is 5.91 Å². The number of aromatic nitrogens is 2. The van der Waals surface area contributed by atoms with Crippen molar-refractivity contribution < 1.29 is 4.79 Å². The molecule has 4 heterocycles. The number of fused-ring (bicyclic) bond motifs is 1. The molecule has 2 aromatic rings. The number of benzene rings is 1. The van der Waals surface area contributed by atoms with Crippen LogP contribution in [0, 0.1) is 6.92 Å². The summed E-state index contributed by atoms with van der Waals surface area (Å²) in [5, 5.41) is 19.8. The maximum atomic E-state index is 13.5. The van der Waals surface area contributed by atoms with E-state index in [1.165, 1.54) is 0 Å². The zero-order valence-corrected chi connectivity index (χ0v) is 18.7. The fourth-order valence-electron chi connectivity index (χ4n) is 5.34. The van der Waals surface area contributed by atoms with Gasteiger partial charge in [0.25, 0.3) is 5.91 Å². The Hall–Kier alpha value is -3.22. The molecule has 160 valence electrons. The second-order valence-electron chi connectivity index (χ2n) is 9.34. The van der Waals surface area contributed by atoms with E-state index < -0.39 is 5.41 Å². The lowest BCUT2D eigenvalue weighted by atomic mass is 9.62. The molecular formula is C24H28N6O. The van der Waals surface area contributed by atoms with E-state index in [0.29, 0.717) is 0 Å². The minimum atomic E-state index is -0.582. The van der Waals surface area contributed by atoms with Crippen LogP contribution in [0.2, 0.25) is 0 Å². The number of aryl methyl sites for hydroxylation is 1. The van der Waals surface area contributed by atoms with Crippen LogP contribution in [0.5, 0.6) is 0 Å². The molecule has 1 amide bonds. The summed E-state index contributed by atoms with van der Waals surface area (Å²) in [6.07, 6.45) is 4.98. The van der Waals surface area contributed by atoms with Gasteiger partial charge in [-0.15, -0.1) is 0 Å². The van der Waals surface area contributed by atoms with Crippen molar-refractivity contribution in [1.82, 2.24) is 20.4 Å². The fraction of sp³-hybridized carbons (Fsp3) is 0.417. The van der Waals surface area contributed by atoms with Crippen LogP contribution in [-0.2, 0) is 17.3 Å². The summed E-state index contributed by atoms with van der Waals surface area (Å²) in [7, 11) is 1.95. The van der Waals surface area contributed by atoms with Gasteiger partial charge in [-0.25, -0.2) is 0 Å². The number of hydrogen-bond donors (Lipinski definition) is 2. The molecule has 7 nitrogen and oxygen atoms in total.